The van der Waals surface area contributed by atoms with Crippen LogP contribution in [0.2, 0.25) is 0 Å². The molecule has 2 aliphatic rings. The molecule has 5 nitrogen and oxygen atoms in total. The molecule has 0 bridgehead atoms. The number of nitrogens with zero attached hydrogens (tertiary/aromatic N) is 3. The Kier molecular flexibility index (Phi) is 5.32. The third-order valence-corrected chi connectivity index (χ3v) is 6.26. The van der Waals surface area contributed by atoms with Crippen LogP contribution in [-0.2, 0) is 6.54 Å². The quantitative estimate of drug-likeness (QED) is 0.621. The molecule has 31 heavy (non-hydrogen) atoms. The van der Waals surface area contributed by atoms with Crippen LogP contribution in [0, 0.1) is 5.82 Å². The van der Waals surface area contributed by atoms with Gasteiger partial charge in [0.05, 0.1) is 18.2 Å². The van der Waals surface area contributed by atoms with Crippen molar-refractivity contribution in [3.05, 3.63) is 71.2 Å². The molecular weight excluding hydrogens is 393 g/mol. The van der Waals surface area contributed by atoms with Gasteiger partial charge in [-0.3, -0.25) is 14.7 Å². The van der Waals surface area contributed by atoms with E-state index in [0.717, 1.165) is 53.7 Å². The van der Waals surface area contributed by atoms with Crippen LogP contribution < -0.4 is 4.74 Å². The van der Waals surface area contributed by atoms with Gasteiger partial charge < -0.3 is 9.64 Å². The Bertz CT molecular complexity index is 1120. The Hall–Kier alpha value is -2.99. The lowest BCUT2D eigenvalue weighted by atomic mass is 10.0. The van der Waals surface area contributed by atoms with E-state index < -0.39 is 0 Å². The molecule has 2 aromatic carbocycles. The number of aromatic nitrogens is 1. The lowest BCUT2D eigenvalue weighted by molar-refractivity contribution is 0.0629. The zero-order chi connectivity index (χ0) is 21.4. The number of halogens is 1. The third-order valence-electron chi connectivity index (χ3n) is 6.26. The number of rotatable bonds is 5. The molecule has 0 N–H and O–H groups in total. The number of carbonyl (C=O) groups excluding carboxylic acids is 1. The van der Waals surface area contributed by atoms with E-state index in [0.29, 0.717) is 31.3 Å². The largest absolute Gasteiger partial charge is 0.496 e. The number of pyridine rings is 1. The van der Waals surface area contributed by atoms with E-state index in [-0.39, 0.29) is 11.7 Å². The lowest BCUT2D eigenvalue weighted by Gasteiger charge is -2.35. The summed E-state index contributed by atoms with van der Waals surface area (Å²) in [5.74, 6) is 0.995. The first-order valence-corrected chi connectivity index (χ1v) is 10.9. The Balaban J connectivity index is 1.31. The molecule has 1 aliphatic heterocycles. The average molecular weight is 420 g/mol. The zero-order valence-electron chi connectivity index (χ0n) is 17.7. The normalized spacial score (nSPS) is 17.2. The van der Waals surface area contributed by atoms with Crippen molar-refractivity contribution in [2.45, 2.75) is 25.3 Å². The fourth-order valence-electron chi connectivity index (χ4n) is 4.35. The van der Waals surface area contributed by atoms with Crippen molar-refractivity contribution in [2.24, 2.45) is 0 Å². The van der Waals surface area contributed by atoms with Gasteiger partial charge in [0.2, 0.25) is 0 Å². The Morgan fingerprint density at radius 3 is 2.61 bits per heavy atom. The van der Waals surface area contributed by atoms with Crippen molar-refractivity contribution in [3.8, 4) is 5.75 Å². The van der Waals surface area contributed by atoms with Gasteiger partial charge in [0.25, 0.3) is 5.91 Å². The van der Waals surface area contributed by atoms with Crippen molar-refractivity contribution in [1.82, 2.24) is 14.8 Å². The number of hydrogen-bond acceptors (Lipinski definition) is 4. The van der Waals surface area contributed by atoms with Crippen molar-refractivity contribution < 1.29 is 13.9 Å². The van der Waals surface area contributed by atoms with Crippen molar-refractivity contribution in [2.75, 3.05) is 33.3 Å². The lowest BCUT2D eigenvalue weighted by Crippen LogP contribution is -2.48. The minimum absolute atomic E-state index is 0.0727. The maximum absolute atomic E-state index is 13.7. The molecule has 3 aromatic rings. The first kappa shape index (κ1) is 19.9. The van der Waals surface area contributed by atoms with Crippen LogP contribution in [0.25, 0.3) is 10.9 Å². The number of methoxy groups -OCH3 is 1. The maximum atomic E-state index is 13.7. The Labute approximate surface area is 181 Å². The van der Waals surface area contributed by atoms with Crippen LogP contribution in [0.1, 0.15) is 40.4 Å². The summed E-state index contributed by atoms with van der Waals surface area (Å²) in [5, 5.41) is 0.920. The predicted octanol–water partition coefficient (Wildman–Crippen LogP) is 4.22. The monoisotopic (exact) mass is 419 g/mol. The van der Waals surface area contributed by atoms with Crippen molar-refractivity contribution in [1.29, 1.82) is 0 Å². The minimum atomic E-state index is -0.263. The highest BCUT2D eigenvalue weighted by Gasteiger charge is 2.29. The number of piperazine rings is 1. The van der Waals surface area contributed by atoms with Gasteiger partial charge >= 0.3 is 0 Å². The molecule has 2 fully saturated rings. The molecule has 0 unspecified atom stereocenters. The molecule has 0 atom stereocenters. The summed E-state index contributed by atoms with van der Waals surface area (Å²) in [6, 6.07) is 14.5. The molecule has 1 amide bonds. The van der Waals surface area contributed by atoms with E-state index in [4.69, 9.17) is 9.72 Å². The standard InChI is InChI=1S/C25H26FN3O2/c1-31-24-9-8-19(26)14-18(24)16-28-10-12-29(13-11-28)25(30)21-15-23(17-6-7-17)27-22-5-3-2-4-20(21)22/h2-5,8-9,14-15,17H,6-7,10-13,16H2,1H3. The molecule has 0 radical (unpaired) electrons. The second-order valence-electron chi connectivity index (χ2n) is 8.41. The van der Waals surface area contributed by atoms with Crippen molar-refractivity contribution >= 4 is 16.8 Å². The van der Waals surface area contributed by atoms with Gasteiger partial charge in [0.1, 0.15) is 11.6 Å². The molecule has 1 saturated carbocycles. The zero-order valence-corrected chi connectivity index (χ0v) is 17.7. The summed E-state index contributed by atoms with van der Waals surface area (Å²) in [5.41, 5.74) is 3.52. The Morgan fingerprint density at radius 1 is 1.10 bits per heavy atom. The Morgan fingerprint density at radius 2 is 1.87 bits per heavy atom. The second kappa shape index (κ2) is 8.27. The molecule has 1 aromatic heterocycles. The molecule has 5 rings (SSSR count). The SMILES string of the molecule is COc1ccc(F)cc1CN1CCN(C(=O)c2cc(C3CC3)nc3ccccc23)CC1. The van der Waals surface area contributed by atoms with Gasteiger partial charge in [0.15, 0.2) is 0 Å². The van der Waals surface area contributed by atoms with E-state index >= 15 is 0 Å². The number of fused-ring (bicyclic) bond motifs is 1. The summed E-state index contributed by atoms with van der Waals surface area (Å²) in [7, 11) is 1.60. The molecular formula is C25H26FN3O2. The fourth-order valence-corrected chi connectivity index (χ4v) is 4.35. The highest BCUT2D eigenvalue weighted by atomic mass is 19.1. The number of amides is 1. The fraction of sp³-hybridized carbons (Fsp3) is 0.360. The number of ether oxygens (including phenoxy) is 1. The summed E-state index contributed by atoms with van der Waals surface area (Å²) >= 11 is 0. The van der Waals surface area contributed by atoms with Gasteiger partial charge in [-0.15, -0.1) is 0 Å². The maximum Gasteiger partial charge on any atom is 0.254 e. The van der Waals surface area contributed by atoms with E-state index in [2.05, 4.69) is 4.90 Å². The van der Waals surface area contributed by atoms with Crippen LogP contribution in [0.15, 0.2) is 48.5 Å². The van der Waals surface area contributed by atoms with Gasteiger partial charge in [-0.05, 0) is 43.2 Å². The third kappa shape index (κ3) is 4.12. The van der Waals surface area contributed by atoms with E-state index in [1.807, 2.05) is 35.2 Å². The molecule has 160 valence electrons. The van der Waals surface area contributed by atoms with Crippen LogP contribution in [0.4, 0.5) is 4.39 Å². The summed E-state index contributed by atoms with van der Waals surface area (Å²) in [6.07, 6.45) is 2.31. The van der Waals surface area contributed by atoms with Gasteiger partial charge in [-0.2, -0.15) is 0 Å². The molecule has 0 spiro atoms. The van der Waals surface area contributed by atoms with Crippen LogP contribution in [0.5, 0.6) is 5.75 Å². The highest BCUT2D eigenvalue weighted by molar-refractivity contribution is 6.06. The van der Waals surface area contributed by atoms with Crippen LogP contribution in [0.3, 0.4) is 0 Å². The molecule has 1 saturated heterocycles. The van der Waals surface area contributed by atoms with E-state index in [1.54, 1.807) is 13.2 Å². The van der Waals surface area contributed by atoms with Gasteiger partial charge in [-0.25, -0.2) is 4.39 Å². The number of hydrogen-bond donors (Lipinski definition) is 0. The number of carbonyl (C=O) groups is 1. The van der Waals surface area contributed by atoms with Crippen LogP contribution in [-0.4, -0.2) is 54.0 Å². The summed E-state index contributed by atoms with van der Waals surface area (Å²) < 4.78 is 19.1. The summed E-state index contributed by atoms with van der Waals surface area (Å²) in [6.45, 7) is 3.37. The van der Waals surface area contributed by atoms with Gasteiger partial charge in [0, 0.05) is 55.3 Å². The molecule has 6 heteroatoms. The number of para-hydroxylation sites is 1. The first-order valence-electron chi connectivity index (χ1n) is 10.9. The number of benzene rings is 2. The molecule has 1 aliphatic carbocycles. The molecule has 2 heterocycles. The van der Waals surface area contributed by atoms with E-state index in [9.17, 15) is 9.18 Å². The highest BCUT2D eigenvalue weighted by Crippen LogP contribution is 2.40. The second-order valence-corrected chi connectivity index (χ2v) is 8.41. The van der Waals surface area contributed by atoms with Gasteiger partial charge in [-0.1, -0.05) is 18.2 Å². The topological polar surface area (TPSA) is 45.7 Å². The predicted molar refractivity (Wildman–Crippen MR) is 118 cm³/mol. The minimum Gasteiger partial charge on any atom is -0.496 e. The average Bonchev–Trinajstić information content (AvgIpc) is 3.64. The smallest absolute Gasteiger partial charge is 0.254 e. The van der Waals surface area contributed by atoms with Crippen LogP contribution >= 0.6 is 0 Å². The first-order chi connectivity index (χ1) is 15.1. The van der Waals surface area contributed by atoms with Crippen molar-refractivity contribution in [3.63, 3.8) is 0 Å². The summed E-state index contributed by atoms with van der Waals surface area (Å²) in [4.78, 5) is 22.4. The van der Waals surface area contributed by atoms with E-state index in [1.165, 1.54) is 12.1 Å².